The zero-order valence-corrected chi connectivity index (χ0v) is 11.7. The number of rotatable bonds is 6. The van der Waals surface area contributed by atoms with E-state index in [9.17, 15) is 4.39 Å². The molecule has 2 aromatic carbocycles. The Morgan fingerprint density at radius 1 is 1.19 bits per heavy atom. The van der Waals surface area contributed by atoms with E-state index in [-0.39, 0.29) is 12.4 Å². The fourth-order valence-corrected chi connectivity index (χ4v) is 1.98. The quantitative estimate of drug-likeness (QED) is 0.634. The highest BCUT2D eigenvalue weighted by atomic mass is 19.1. The van der Waals surface area contributed by atoms with Crippen molar-refractivity contribution in [1.82, 2.24) is 0 Å². The average molecular weight is 288 g/mol. The highest BCUT2D eigenvalue weighted by molar-refractivity contribution is 5.96. The minimum absolute atomic E-state index is 0.179. The summed E-state index contributed by atoms with van der Waals surface area (Å²) >= 11 is 0. The second-order valence-electron chi connectivity index (χ2n) is 4.58. The van der Waals surface area contributed by atoms with Gasteiger partial charge in [-0.25, -0.2) is 4.39 Å². The summed E-state index contributed by atoms with van der Waals surface area (Å²) in [6, 6.07) is 11.7. The summed E-state index contributed by atoms with van der Waals surface area (Å²) in [5, 5.41) is 7.48. The van der Waals surface area contributed by atoms with Crippen molar-refractivity contribution >= 4 is 5.84 Å². The Hall–Kier alpha value is -2.40. The van der Waals surface area contributed by atoms with Crippen LogP contribution < -0.4 is 10.5 Å². The number of hydrogen-bond donors (Lipinski definition) is 2. The van der Waals surface area contributed by atoms with Crippen LogP contribution in [-0.4, -0.2) is 12.9 Å². The summed E-state index contributed by atoms with van der Waals surface area (Å²) in [6.45, 7) is 0.720. The van der Waals surface area contributed by atoms with E-state index < -0.39 is 5.82 Å². The molecule has 0 aliphatic rings. The zero-order chi connectivity index (χ0) is 15.2. The van der Waals surface area contributed by atoms with Gasteiger partial charge in [0.1, 0.15) is 24.0 Å². The molecule has 0 radical (unpaired) electrons. The first-order valence-electron chi connectivity index (χ1n) is 6.43. The molecule has 0 aliphatic heterocycles. The SMILES string of the molecule is COCc1cccc(OCc2ccc(F)cc2C(=N)N)c1. The number of nitrogens with two attached hydrogens (primary N) is 1. The van der Waals surface area contributed by atoms with Gasteiger partial charge in [-0.2, -0.15) is 0 Å². The lowest BCUT2D eigenvalue weighted by Crippen LogP contribution is -2.15. The van der Waals surface area contributed by atoms with Gasteiger partial charge >= 0.3 is 0 Å². The van der Waals surface area contributed by atoms with Crippen molar-refractivity contribution in [1.29, 1.82) is 5.41 Å². The fraction of sp³-hybridized carbons (Fsp3) is 0.188. The number of halogens is 1. The molecule has 2 rings (SSSR count). The van der Waals surface area contributed by atoms with Crippen molar-refractivity contribution in [2.75, 3.05) is 7.11 Å². The van der Waals surface area contributed by atoms with Crippen molar-refractivity contribution in [2.24, 2.45) is 5.73 Å². The van der Waals surface area contributed by atoms with Crippen molar-refractivity contribution < 1.29 is 13.9 Å². The first kappa shape index (κ1) is 15.0. The Morgan fingerprint density at radius 3 is 2.71 bits per heavy atom. The van der Waals surface area contributed by atoms with Crippen LogP contribution in [0, 0.1) is 11.2 Å². The maximum atomic E-state index is 13.2. The summed E-state index contributed by atoms with van der Waals surface area (Å²) in [5.74, 6) is 0.0793. The van der Waals surface area contributed by atoms with E-state index in [2.05, 4.69) is 0 Å². The summed E-state index contributed by atoms with van der Waals surface area (Å²) < 4.78 is 23.9. The molecular weight excluding hydrogens is 271 g/mol. The van der Waals surface area contributed by atoms with Crippen LogP contribution in [0.25, 0.3) is 0 Å². The molecule has 5 heteroatoms. The van der Waals surface area contributed by atoms with Crippen LogP contribution in [0.3, 0.4) is 0 Å². The topological polar surface area (TPSA) is 68.3 Å². The van der Waals surface area contributed by atoms with Crippen molar-refractivity contribution in [3.8, 4) is 5.75 Å². The van der Waals surface area contributed by atoms with Crippen LogP contribution in [-0.2, 0) is 18.0 Å². The lowest BCUT2D eigenvalue weighted by Gasteiger charge is -2.11. The molecule has 0 heterocycles. The van der Waals surface area contributed by atoms with E-state index in [1.165, 1.54) is 12.1 Å². The summed E-state index contributed by atoms with van der Waals surface area (Å²) in [5.41, 5.74) is 7.48. The molecule has 0 aromatic heterocycles. The molecule has 0 aliphatic carbocycles. The Labute approximate surface area is 122 Å². The Morgan fingerprint density at radius 2 is 2.00 bits per heavy atom. The third kappa shape index (κ3) is 4.03. The maximum Gasteiger partial charge on any atom is 0.123 e. The van der Waals surface area contributed by atoms with E-state index >= 15 is 0 Å². The van der Waals surface area contributed by atoms with Crippen LogP contribution in [0.5, 0.6) is 5.75 Å². The molecule has 0 bridgehead atoms. The van der Waals surface area contributed by atoms with Crippen LogP contribution in [0.15, 0.2) is 42.5 Å². The van der Waals surface area contributed by atoms with E-state index in [4.69, 9.17) is 20.6 Å². The molecular formula is C16H17FN2O2. The Kier molecular flexibility index (Phi) is 4.90. The van der Waals surface area contributed by atoms with Gasteiger partial charge in [-0.05, 0) is 29.8 Å². The molecule has 0 fully saturated rings. The van der Waals surface area contributed by atoms with Gasteiger partial charge in [-0.1, -0.05) is 18.2 Å². The molecule has 21 heavy (non-hydrogen) atoms. The number of ether oxygens (including phenoxy) is 2. The third-order valence-corrected chi connectivity index (χ3v) is 2.97. The molecule has 110 valence electrons. The lowest BCUT2D eigenvalue weighted by atomic mass is 10.1. The number of hydrogen-bond acceptors (Lipinski definition) is 3. The van der Waals surface area contributed by atoms with Gasteiger partial charge in [0.2, 0.25) is 0 Å². The largest absolute Gasteiger partial charge is 0.489 e. The number of nitrogens with one attached hydrogen (secondary N) is 1. The molecule has 0 spiro atoms. The average Bonchev–Trinajstić information content (AvgIpc) is 2.46. The van der Waals surface area contributed by atoms with Gasteiger partial charge in [-0.15, -0.1) is 0 Å². The minimum Gasteiger partial charge on any atom is -0.489 e. The molecule has 4 nitrogen and oxygen atoms in total. The molecule has 0 unspecified atom stereocenters. The number of amidine groups is 1. The smallest absolute Gasteiger partial charge is 0.123 e. The molecule has 2 aromatic rings. The number of nitrogen functional groups attached to an aromatic ring is 1. The van der Waals surface area contributed by atoms with Crippen molar-refractivity contribution in [3.05, 3.63) is 65.0 Å². The normalized spacial score (nSPS) is 10.4. The molecule has 3 N–H and O–H groups in total. The predicted molar refractivity (Wildman–Crippen MR) is 78.9 cm³/mol. The third-order valence-electron chi connectivity index (χ3n) is 2.97. The van der Waals surface area contributed by atoms with Gasteiger partial charge in [0.15, 0.2) is 0 Å². The van der Waals surface area contributed by atoms with E-state index in [0.717, 1.165) is 5.56 Å². The number of methoxy groups -OCH3 is 1. The first-order valence-corrected chi connectivity index (χ1v) is 6.43. The van der Waals surface area contributed by atoms with Crippen molar-refractivity contribution in [3.63, 3.8) is 0 Å². The monoisotopic (exact) mass is 288 g/mol. The first-order chi connectivity index (χ1) is 10.1. The summed E-state index contributed by atoms with van der Waals surface area (Å²) in [4.78, 5) is 0. The molecule has 0 atom stereocenters. The lowest BCUT2D eigenvalue weighted by molar-refractivity contribution is 0.184. The van der Waals surface area contributed by atoms with E-state index in [0.29, 0.717) is 23.5 Å². The van der Waals surface area contributed by atoms with Gasteiger partial charge in [0.25, 0.3) is 0 Å². The highest BCUT2D eigenvalue weighted by Gasteiger charge is 2.08. The molecule has 0 saturated heterocycles. The standard InChI is InChI=1S/C16H17FN2O2/c1-20-9-11-3-2-4-14(7-11)21-10-12-5-6-13(17)8-15(12)16(18)19/h2-8H,9-10H2,1H3,(H3,18,19). The van der Waals surface area contributed by atoms with E-state index in [1.54, 1.807) is 13.2 Å². The molecule has 0 saturated carbocycles. The predicted octanol–water partition coefficient (Wildman–Crippen LogP) is 2.84. The van der Waals surface area contributed by atoms with Crippen LogP contribution >= 0.6 is 0 Å². The van der Waals surface area contributed by atoms with Gasteiger partial charge in [-0.3, -0.25) is 5.41 Å². The van der Waals surface area contributed by atoms with Crippen LogP contribution in [0.4, 0.5) is 4.39 Å². The second kappa shape index (κ2) is 6.85. The fourth-order valence-electron chi connectivity index (χ4n) is 1.98. The second-order valence-corrected chi connectivity index (χ2v) is 4.58. The van der Waals surface area contributed by atoms with Gasteiger partial charge in [0.05, 0.1) is 6.61 Å². The number of benzene rings is 2. The van der Waals surface area contributed by atoms with Crippen LogP contribution in [0.2, 0.25) is 0 Å². The summed E-state index contributed by atoms with van der Waals surface area (Å²) in [7, 11) is 1.63. The zero-order valence-electron chi connectivity index (χ0n) is 11.7. The van der Waals surface area contributed by atoms with Gasteiger partial charge in [0, 0.05) is 18.2 Å². The Balaban J connectivity index is 2.13. The summed E-state index contributed by atoms with van der Waals surface area (Å²) in [6.07, 6.45) is 0. The van der Waals surface area contributed by atoms with Crippen molar-refractivity contribution in [2.45, 2.75) is 13.2 Å². The van der Waals surface area contributed by atoms with Crippen LogP contribution in [0.1, 0.15) is 16.7 Å². The highest BCUT2D eigenvalue weighted by Crippen LogP contribution is 2.18. The van der Waals surface area contributed by atoms with Gasteiger partial charge < -0.3 is 15.2 Å². The molecule has 0 amide bonds. The van der Waals surface area contributed by atoms with E-state index in [1.807, 2.05) is 24.3 Å². The Bertz CT molecular complexity index is 644. The maximum absolute atomic E-state index is 13.2. The minimum atomic E-state index is -0.425.